The number of aromatic nitrogens is 4. The van der Waals surface area contributed by atoms with Crippen LogP contribution >= 0.6 is 0 Å². The third kappa shape index (κ3) is 3.60. The molecule has 1 saturated heterocycles. The molecule has 0 bridgehead atoms. The van der Waals surface area contributed by atoms with E-state index in [0.29, 0.717) is 22.8 Å². The fraction of sp³-hybridized carbons (Fsp3) is 0.421. The highest BCUT2D eigenvalue weighted by Crippen LogP contribution is 2.32. The zero-order chi connectivity index (χ0) is 19.0. The van der Waals surface area contributed by atoms with Gasteiger partial charge in [-0.3, -0.25) is 9.89 Å². The first-order chi connectivity index (χ1) is 13.0. The molecule has 1 aliphatic rings. The van der Waals surface area contributed by atoms with Crippen LogP contribution in [0.5, 0.6) is 0 Å². The molecule has 0 radical (unpaired) electrons. The minimum Gasteiger partial charge on any atom is -0.370 e. The molecule has 27 heavy (non-hydrogen) atoms. The Morgan fingerprint density at radius 2 is 1.89 bits per heavy atom. The van der Waals surface area contributed by atoms with Crippen LogP contribution in [0, 0.1) is 5.92 Å². The average molecular weight is 368 g/mol. The molecule has 0 saturated carbocycles. The SMILES string of the molecule is CC(C)Cc1cc(C(=O)Nc2cc3[nH]c(=O)[nH]c3cc2N2CCCC2)n[nH]1. The Kier molecular flexibility index (Phi) is 4.47. The van der Waals surface area contributed by atoms with Crippen LogP contribution in [-0.2, 0) is 6.42 Å². The molecule has 2 aromatic heterocycles. The zero-order valence-corrected chi connectivity index (χ0v) is 15.6. The lowest BCUT2D eigenvalue weighted by molar-refractivity contribution is 0.102. The smallest absolute Gasteiger partial charge is 0.323 e. The topological polar surface area (TPSA) is 110 Å². The van der Waals surface area contributed by atoms with Gasteiger partial charge in [-0.2, -0.15) is 5.10 Å². The molecule has 1 aliphatic heterocycles. The second kappa shape index (κ2) is 6.94. The molecular formula is C19H24N6O2. The Morgan fingerprint density at radius 3 is 2.59 bits per heavy atom. The number of amides is 1. The van der Waals surface area contributed by atoms with Crippen molar-refractivity contribution in [3.8, 4) is 0 Å². The van der Waals surface area contributed by atoms with E-state index >= 15 is 0 Å². The van der Waals surface area contributed by atoms with Gasteiger partial charge in [0, 0.05) is 18.8 Å². The van der Waals surface area contributed by atoms with Crippen LogP contribution < -0.4 is 15.9 Å². The summed E-state index contributed by atoms with van der Waals surface area (Å²) in [5, 5.41) is 10.0. The van der Waals surface area contributed by atoms with Crippen molar-refractivity contribution >= 4 is 28.3 Å². The van der Waals surface area contributed by atoms with E-state index in [-0.39, 0.29) is 11.6 Å². The van der Waals surface area contributed by atoms with Crippen molar-refractivity contribution in [2.45, 2.75) is 33.1 Å². The highest BCUT2D eigenvalue weighted by molar-refractivity contribution is 6.06. The van der Waals surface area contributed by atoms with Crippen LogP contribution in [0.15, 0.2) is 23.0 Å². The molecule has 0 spiro atoms. The Bertz CT molecular complexity index is 1020. The van der Waals surface area contributed by atoms with E-state index in [1.165, 1.54) is 0 Å². The summed E-state index contributed by atoms with van der Waals surface area (Å²) in [5.74, 6) is 0.217. The molecule has 0 atom stereocenters. The number of nitrogens with one attached hydrogen (secondary N) is 4. The minimum absolute atomic E-state index is 0.258. The summed E-state index contributed by atoms with van der Waals surface area (Å²) in [4.78, 5) is 32.1. The van der Waals surface area contributed by atoms with E-state index < -0.39 is 0 Å². The summed E-state index contributed by atoms with van der Waals surface area (Å²) in [6.07, 6.45) is 3.08. The number of carbonyl (C=O) groups is 1. The highest BCUT2D eigenvalue weighted by Gasteiger charge is 2.20. The minimum atomic E-state index is -0.265. The summed E-state index contributed by atoms with van der Waals surface area (Å²) in [5.41, 5.74) is 4.05. The van der Waals surface area contributed by atoms with Crippen molar-refractivity contribution in [2.75, 3.05) is 23.3 Å². The molecule has 4 rings (SSSR count). The predicted octanol–water partition coefficient (Wildman–Crippen LogP) is 2.63. The molecule has 0 aliphatic carbocycles. The van der Waals surface area contributed by atoms with E-state index in [1.54, 1.807) is 12.1 Å². The number of imidazole rings is 1. The maximum Gasteiger partial charge on any atom is 0.323 e. The van der Waals surface area contributed by atoms with Crippen LogP contribution in [0.25, 0.3) is 11.0 Å². The lowest BCUT2D eigenvalue weighted by atomic mass is 10.1. The van der Waals surface area contributed by atoms with Gasteiger partial charge in [-0.25, -0.2) is 4.79 Å². The van der Waals surface area contributed by atoms with Crippen LogP contribution in [0.3, 0.4) is 0 Å². The predicted molar refractivity (Wildman–Crippen MR) is 105 cm³/mol. The Hall–Kier alpha value is -3.03. The lowest BCUT2D eigenvalue weighted by Crippen LogP contribution is -2.21. The number of fused-ring (bicyclic) bond motifs is 1. The van der Waals surface area contributed by atoms with E-state index in [4.69, 9.17) is 0 Å². The number of benzene rings is 1. The van der Waals surface area contributed by atoms with Crippen LogP contribution in [0.1, 0.15) is 42.9 Å². The largest absolute Gasteiger partial charge is 0.370 e. The summed E-state index contributed by atoms with van der Waals surface area (Å²) in [7, 11) is 0. The fourth-order valence-corrected chi connectivity index (χ4v) is 3.60. The number of H-pyrrole nitrogens is 3. The second-order valence-corrected chi connectivity index (χ2v) is 7.52. The van der Waals surface area contributed by atoms with Crippen LogP contribution in [0.4, 0.5) is 11.4 Å². The van der Waals surface area contributed by atoms with E-state index in [1.807, 2.05) is 6.07 Å². The van der Waals surface area contributed by atoms with Gasteiger partial charge in [-0.15, -0.1) is 0 Å². The van der Waals surface area contributed by atoms with Crippen molar-refractivity contribution in [1.82, 2.24) is 20.2 Å². The van der Waals surface area contributed by atoms with E-state index in [0.717, 1.165) is 49.2 Å². The average Bonchev–Trinajstić information content (AvgIpc) is 3.33. The normalized spacial score (nSPS) is 14.4. The standard InChI is InChI=1S/C19H24N6O2/c1-11(2)7-12-8-16(24-23-12)18(26)20-15-9-13-14(22-19(27)21-13)10-17(15)25-5-3-4-6-25/h8-11H,3-7H2,1-2H3,(H,20,26)(H,23,24)(H2,21,22,27). The fourth-order valence-electron chi connectivity index (χ4n) is 3.60. The third-order valence-corrected chi connectivity index (χ3v) is 4.82. The zero-order valence-electron chi connectivity index (χ0n) is 15.6. The molecule has 8 heteroatoms. The van der Waals surface area contributed by atoms with Gasteiger partial charge < -0.3 is 20.2 Å². The van der Waals surface area contributed by atoms with Gasteiger partial charge in [0.05, 0.1) is 22.4 Å². The number of carbonyl (C=O) groups excluding carboxylic acids is 1. The first-order valence-electron chi connectivity index (χ1n) is 9.36. The van der Waals surface area contributed by atoms with Crippen molar-refractivity contribution in [3.63, 3.8) is 0 Å². The van der Waals surface area contributed by atoms with Gasteiger partial charge in [0.2, 0.25) is 0 Å². The monoisotopic (exact) mass is 368 g/mol. The molecule has 0 unspecified atom stereocenters. The van der Waals surface area contributed by atoms with Crippen molar-refractivity contribution in [3.05, 3.63) is 40.1 Å². The molecule has 3 aromatic rings. The molecule has 4 N–H and O–H groups in total. The summed E-state index contributed by atoms with van der Waals surface area (Å²) >= 11 is 0. The number of nitrogens with zero attached hydrogens (tertiary/aromatic N) is 2. The maximum atomic E-state index is 12.7. The molecule has 1 fully saturated rings. The molecule has 142 valence electrons. The van der Waals surface area contributed by atoms with Crippen LogP contribution in [0.2, 0.25) is 0 Å². The van der Waals surface area contributed by atoms with Gasteiger partial charge in [-0.05, 0) is 43.4 Å². The molecular weight excluding hydrogens is 344 g/mol. The van der Waals surface area contributed by atoms with Gasteiger partial charge >= 0.3 is 5.69 Å². The first kappa shape index (κ1) is 17.4. The lowest BCUT2D eigenvalue weighted by Gasteiger charge is -2.21. The number of hydrogen-bond acceptors (Lipinski definition) is 4. The number of anilines is 2. The van der Waals surface area contributed by atoms with Crippen molar-refractivity contribution in [2.24, 2.45) is 5.92 Å². The number of aromatic amines is 3. The third-order valence-electron chi connectivity index (χ3n) is 4.82. The highest BCUT2D eigenvalue weighted by atomic mass is 16.2. The van der Waals surface area contributed by atoms with E-state index in [2.05, 4.69) is 44.2 Å². The molecule has 1 aromatic carbocycles. The summed E-state index contributed by atoms with van der Waals surface area (Å²) < 4.78 is 0. The first-order valence-corrected chi connectivity index (χ1v) is 9.36. The van der Waals surface area contributed by atoms with Crippen LogP contribution in [-0.4, -0.2) is 39.2 Å². The van der Waals surface area contributed by atoms with Crippen molar-refractivity contribution < 1.29 is 4.79 Å². The Balaban J connectivity index is 1.65. The van der Waals surface area contributed by atoms with E-state index in [9.17, 15) is 9.59 Å². The summed E-state index contributed by atoms with van der Waals surface area (Å²) in [6.45, 7) is 6.11. The second-order valence-electron chi connectivity index (χ2n) is 7.52. The molecule has 8 nitrogen and oxygen atoms in total. The number of rotatable bonds is 5. The van der Waals surface area contributed by atoms with Crippen molar-refractivity contribution in [1.29, 1.82) is 0 Å². The summed E-state index contributed by atoms with van der Waals surface area (Å²) in [6, 6.07) is 5.52. The number of hydrogen-bond donors (Lipinski definition) is 4. The Labute approximate surface area is 156 Å². The maximum absolute atomic E-state index is 12.7. The quantitative estimate of drug-likeness (QED) is 0.555. The van der Waals surface area contributed by atoms with Gasteiger partial charge in [0.25, 0.3) is 5.91 Å². The van der Waals surface area contributed by atoms with Gasteiger partial charge in [-0.1, -0.05) is 13.8 Å². The van der Waals surface area contributed by atoms with Gasteiger partial charge in [0.1, 0.15) is 0 Å². The molecule has 1 amide bonds. The van der Waals surface area contributed by atoms with Gasteiger partial charge in [0.15, 0.2) is 5.69 Å². The molecule has 3 heterocycles. The Morgan fingerprint density at radius 1 is 1.19 bits per heavy atom.